The smallest absolute Gasteiger partial charge is 0.137 e. The van der Waals surface area contributed by atoms with Crippen molar-refractivity contribution in [2.24, 2.45) is 5.92 Å². The predicted octanol–water partition coefficient (Wildman–Crippen LogP) is 3.35. The van der Waals surface area contributed by atoms with Crippen LogP contribution < -0.4 is 5.32 Å². The number of aryl methyl sites for hydroxylation is 1. The summed E-state index contributed by atoms with van der Waals surface area (Å²) in [6.45, 7) is 4.78. The van der Waals surface area contributed by atoms with Crippen LogP contribution in [0.15, 0.2) is 0 Å². The first-order valence-corrected chi connectivity index (χ1v) is 7.94. The average molecular weight is 298 g/mol. The van der Waals surface area contributed by atoms with E-state index in [1.54, 1.807) is 0 Å². The maximum Gasteiger partial charge on any atom is 0.137 e. The fourth-order valence-electron chi connectivity index (χ4n) is 2.69. The summed E-state index contributed by atoms with van der Waals surface area (Å²) in [4.78, 5) is 8.84. The third-order valence-corrected chi connectivity index (χ3v) is 4.37. The lowest BCUT2D eigenvalue weighted by molar-refractivity contribution is 0.0763. The minimum Gasteiger partial charge on any atom is -0.393 e. The predicted molar refractivity (Wildman–Crippen MR) is 82.2 cm³/mol. The summed E-state index contributed by atoms with van der Waals surface area (Å²) in [5, 5.41) is 13.9. The Morgan fingerprint density at radius 3 is 2.75 bits per heavy atom. The number of nitrogens with one attached hydrogen (secondary N) is 1. The molecule has 0 radical (unpaired) electrons. The normalized spacial score (nSPS) is 22.8. The lowest BCUT2D eigenvalue weighted by Crippen LogP contribution is -2.30. The number of hydrogen-bond donors (Lipinski definition) is 2. The van der Waals surface area contributed by atoms with Crippen molar-refractivity contribution in [1.82, 2.24) is 9.97 Å². The number of halogens is 1. The summed E-state index contributed by atoms with van der Waals surface area (Å²) in [5.41, 5.74) is 0.886. The van der Waals surface area contributed by atoms with Crippen molar-refractivity contribution in [2.75, 3.05) is 11.9 Å². The molecule has 0 saturated heterocycles. The number of rotatable bonds is 5. The van der Waals surface area contributed by atoms with Crippen LogP contribution in [0.1, 0.15) is 50.4 Å². The van der Waals surface area contributed by atoms with Gasteiger partial charge in [-0.15, -0.1) is 0 Å². The van der Waals surface area contributed by atoms with Crippen molar-refractivity contribution in [3.8, 4) is 0 Å². The zero-order valence-corrected chi connectivity index (χ0v) is 13.1. The SMILES string of the molecule is CCCc1nc(Cl)c(C)c(NCC2CCCCC2O)n1. The van der Waals surface area contributed by atoms with Crippen molar-refractivity contribution >= 4 is 17.4 Å². The number of hydrogen-bond acceptors (Lipinski definition) is 4. The summed E-state index contributed by atoms with van der Waals surface area (Å²) in [6.07, 6.45) is 5.97. The van der Waals surface area contributed by atoms with Gasteiger partial charge in [-0.2, -0.15) is 0 Å². The van der Waals surface area contributed by atoms with Gasteiger partial charge in [0.1, 0.15) is 16.8 Å². The van der Waals surface area contributed by atoms with E-state index in [0.29, 0.717) is 11.1 Å². The summed E-state index contributed by atoms with van der Waals surface area (Å²) >= 11 is 6.16. The Morgan fingerprint density at radius 1 is 1.30 bits per heavy atom. The molecule has 1 aliphatic carbocycles. The number of anilines is 1. The first-order chi connectivity index (χ1) is 9.61. The molecule has 20 heavy (non-hydrogen) atoms. The molecule has 0 aromatic carbocycles. The van der Waals surface area contributed by atoms with Gasteiger partial charge >= 0.3 is 0 Å². The third-order valence-electron chi connectivity index (χ3n) is 4.01. The van der Waals surface area contributed by atoms with Gasteiger partial charge in [0.25, 0.3) is 0 Å². The van der Waals surface area contributed by atoms with Crippen LogP contribution in [-0.2, 0) is 6.42 Å². The van der Waals surface area contributed by atoms with E-state index < -0.39 is 0 Å². The van der Waals surface area contributed by atoms with Crippen LogP contribution in [0.2, 0.25) is 5.15 Å². The maximum atomic E-state index is 10.0. The van der Waals surface area contributed by atoms with E-state index in [4.69, 9.17) is 11.6 Å². The molecule has 2 atom stereocenters. The van der Waals surface area contributed by atoms with Crippen LogP contribution in [0.4, 0.5) is 5.82 Å². The molecular weight excluding hydrogens is 274 g/mol. The Kier molecular flexibility index (Phi) is 5.61. The molecule has 2 N–H and O–H groups in total. The second kappa shape index (κ2) is 7.23. The molecule has 0 aliphatic heterocycles. The van der Waals surface area contributed by atoms with E-state index in [0.717, 1.165) is 55.9 Å². The highest BCUT2D eigenvalue weighted by Gasteiger charge is 2.23. The molecule has 1 aromatic heterocycles. The molecular formula is C15H24ClN3O. The third kappa shape index (κ3) is 3.83. The Bertz CT molecular complexity index is 453. The van der Waals surface area contributed by atoms with Crippen LogP contribution in [-0.4, -0.2) is 27.7 Å². The van der Waals surface area contributed by atoms with Crippen molar-refractivity contribution in [1.29, 1.82) is 0 Å². The van der Waals surface area contributed by atoms with Gasteiger partial charge in [-0.1, -0.05) is 31.4 Å². The lowest BCUT2D eigenvalue weighted by Gasteiger charge is -2.28. The molecule has 2 rings (SSSR count). The fraction of sp³-hybridized carbons (Fsp3) is 0.733. The molecule has 1 heterocycles. The van der Waals surface area contributed by atoms with E-state index in [1.807, 2.05) is 6.92 Å². The first-order valence-electron chi connectivity index (χ1n) is 7.56. The average Bonchev–Trinajstić information content (AvgIpc) is 2.43. The van der Waals surface area contributed by atoms with Crippen molar-refractivity contribution < 1.29 is 5.11 Å². The molecule has 5 heteroatoms. The lowest BCUT2D eigenvalue weighted by atomic mass is 9.86. The second-order valence-electron chi connectivity index (χ2n) is 5.65. The highest BCUT2D eigenvalue weighted by Crippen LogP contribution is 2.26. The van der Waals surface area contributed by atoms with Gasteiger partial charge in [-0.25, -0.2) is 9.97 Å². The Morgan fingerprint density at radius 2 is 2.05 bits per heavy atom. The van der Waals surface area contributed by atoms with Crippen molar-refractivity contribution in [3.63, 3.8) is 0 Å². The summed E-state index contributed by atoms with van der Waals surface area (Å²) in [5.74, 6) is 1.91. The maximum absolute atomic E-state index is 10.0. The molecule has 2 unspecified atom stereocenters. The van der Waals surface area contributed by atoms with Gasteiger partial charge in [0, 0.05) is 24.4 Å². The van der Waals surface area contributed by atoms with Crippen molar-refractivity contribution in [3.05, 3.63) is 16.5 Å². The molecule has 4 nitrogen and oxygen atoms in total. The molecule has 1 aliphatic rings. The molecule has 1 aromatic rings. The monoisotopic (exact) mass is 297 g/mol. The van der Waals surface area contributed by atoms with E-state index in [2.05, 4.69) is 22.2 Å². The zero-order chi connectivity index (χ0) is 14.5. The van der Waals surface area contributed by atoms with E-state index in [-0.39, 0.29) is 6.10 Å². The number of nitrogens with zero attached hydrogens (tertiary/aromatic N) is 2. The molecule has 0 amide bonds. The Hall–Kier alpha value is -0.870. The van der Waals surface area contributed by atoms with Gasteiger partial charge < -0.3 is 10.4 Å². The highest BCUT2D eigenvalue weighted by atomic mass is 35.5. The summed E-state index contributed by atoms with van der Waals surface area (Å²) in [7, 11) is 0. The first kappa shape index (κ1) is 15.5. The summed E-state index contributed by atoms with van der Waals surface area (Å²) in [6, 6.07) is 0. The van der Waals surface area contributed by atoms with Gasteiger partial charge in [0.2, 0.25) is 0 Å². The van der Waals surface area contributed by atoms with E-state index >= 15 is 0 Å². The topological polar surface area (TPSA) is 58.0 Å². The van der Waals surface area contributed by atoms with Gasteiger partial charge in [0.05, 0.1) is 6.10 Å². The Balaban J connectivity index is 2.04. The van der Waals surface area contributed by atoms with Crippen molar-refractivity contribution in [2.45, 2.75) is 58.5 Å². The minimum absolute atomic E-state index is 0.191. The van der Waals surface area contributed by atoms with Gasteiger partial charge in [0.15, 0.2) is 0 Å². The minimum atomic E-state index is -0.191. The standard InChI is InChI=1S/C15H24ClN3O/c1-3-6-13-18-14(16)10(2)15(19-13)17-9-11-7-4-5-8-12(11)20/h11-12,20H,3-9H2,1-2H3,(H,17,18,19). The van der Waals surface area contributed by atoms with Crippen LogP contribution >= 0.6 is 11.6 Å². The number of aliphatic hydroxyl groups excluding tert-OH is 1. The van der Waals surface area contributed by atoms with Crippen LogP contribution in [0.5, 0.6) is 0 Å². The van der Waals surface area contributed by atoms with E-state index in [9.17, 15) is 5.11 Å². The molecule has 0 bridgehead atoms. The molecule has 112 valence electrons. The van der Waals surface area contributed by atoms with Gasteiger partial charge in [-0.05, 0) is 26.2 Å². The van der Waals surface area contributed by atoms with Crippen LogP contribution in [0.25, 0.3) is 0 Å². The second-order valence-corrected chi connectivity index (χ2v) is 6.01. The van der Waals surface area contributed by atoms with Crippen LogP contribution in [0, 0.1) is 12.8 Å². The fourth-order valence-corrected chi connectivity index (χ4v) is 2.88. The molecule has 1 saturated carbocycles. The largest absolute Gasteiger partial charge is 0.393 e. The number of aliphatic hydroxyl groups is 1. The quantitative estimate of drug-likeness (QED) is 0.818. The number of aromatic nitrogens is 2. The highest BCUT2D eigenvalue weighted by molar-refractivity contribution is 6.30. The molecule has 0 spiro atoms. The zero-order valence-electron chi connectivity index (χ0n) is 12.3. The van der Waals surface area contributed by atoms with E-state index in [1.165, 1.54) is 6.42 Å². The summed E-state index contributed by atoms with van der Waals surface area (Å²) < 4.78 is 0. The van der Waals surface area contributed by atoms with Crippen LogP contribution in [0.3, 0.4) is 0 Å². The molecule has 1 fully saturated rings. The Labute approximate surface area is 126 Å². The van der Waals surface area contributed by atoms with Gasteiger partial charge in [-0.3, -0.25) is 0 Å².